The molecule has 7 nitrogen and oxygen atoms in total. The van der Waals surface area contributed by atoms with Crippen LogP contribution < -0.4 is 10.6 Å². The number of alkyl halides is 3. The van der Waals surface area contributed by atoms with Gasteiger partial charge in [0, 0.05) is 39.3 Å². The first-order valence-corrected chi connectivity index (χ1v) is 11.4. The number of sulfonamides is 1. The summed E-state index contributed by atoms with van der Waals surface area (Å²) in [5.74, 6) is 0.779. The van der Waals surface area contributed by atoms with Gasteiger partial charge in [-0.15, -0.1) is 0 Å². The van der Waals surface area contributed by atoms with Crippen LogP contribution in [0.25, 0.3) is 0 Å². The average Bonchev–Trinajstić information content (AvgIpc) is 3.18. The maximum Gasteiger partial charge on any atom is 0.511 e. The van der Waals surface area contributed by atoms with E-state index in [4.69, 9.17) is 0 Å². The molecule has 2 fully saturated rings. The molecule has 0 aromatic rings. The number of hydrogen-bond donors (Lipinski definition) is 2. The highest BCUT2D eigenvalue weighted by atomic mass is 32.2. The van der Waals surface area contributed by atoms with Crippen LogP contribution in [-0.4, -0.2) is 81.4 Å². The summed E-state index contributed by atoms with van der Waals surface area (Å²) in [6, 6.07) is 0.455. The number of piperidine rings is 1. The van der Waals surface area contributed by atoms with E-state index in [1.807, 2.05) is 0 Å². The lowest BCUT2D eigenvalue weighted by Gasteiger charge is -2.32. The molecule has 1 unspecified atom stereocenters. The average molecular weight is 428 g/mol. The zero-order chi connectivity index (χ0) is 20.8. The molecule has 2 aliphatic rings. The number of aliphatic imine (C=N–C) groups is 1. The molecule has 164 valence electrons. The van der Waals surface area contributed by atoms with Gasteiger partial charge in [-0.25, -0.2) is 8.42 Å². The van der Waals surface area contributed by atoms with Crippen LogP contribution in [0.2, 0.25) is 0 Å². The van der Waals surface area contributed by atoms with Crippen LogP contribution in [0.15, 0.2) is 4.99 Å². The Bertz CT molecular complexity index is 613. The molecule has 0 bridgehead atoms. The molecule has 28 heavy (non-hydrogen) atoms. The molecule has 2 N–H and O–H groups in total. The number of hydrogen-bond acceptors (Lipinski definition) is 4. The summed E-state index contributed by atoms with van der Waals surface area (Å²) in [6.07, 6.45) is 4.32. The summed E-state index contributed by atoms with van der Waals surface area (Å²) in [6.45, 7) is 5.57. The topological polar surface area (TPSA) is 77.0 Å². The van der Waals surface area contributed by atoms with Gasteiger partial charge in [-0.05, 0) is 51.1 Å². The molecule has 2 saturated heterocycles. The molecule has 0 spiro atoms. The lowest BCUT2D eigenvalue weighted by molar-refractivity contribution is -0.0496. The van der Waals surface area contributed by atoms with Crippen molar-refractivity contribution in [3.05, 3.63) is 0 Å². The Balaban J connectivity index is 1.74. The molecule has 0 amide bonds. The Morgan fingerprint density at radius 2 is 1.75 bits per heavy atom. The van der Waals surface area contributed by atoms with Crippen LogP contribution >= 0.6 is 0 Å². The maximum absolute atomic E-state index is 12.6. The molecule has 2 heterocycles. The Morgan fingerprint density at radius 3 is 2.25 bits per heavy atom. The minimum absolute atomic E-state index is 0.104. The summed E-state index contributed by atoms with van der Waals surface area (Å²) in [7, 11) is -3.53. The normalized spacial score (nSPS) is 22.4. The van der Waals surface area contributed by atoms with Gasteiger partial charge >= 0.3 is 15.5 Å². The van der Waals surface area contributed by atoms with Crippen molar-refractivity contribution in [1.82, 2.24) is 19.8 Å². The molecule has 0 saturated carbocycles. The molecule has 2 aliphatic heterocycles. The quantitative estimate of drug-likeness (QED) is 0.477. The van der Waals surface area contributed by atoms with E-state index in [0.717, 1.165) is 26.1 Å². The fourth-order valence-electron chi connectivity index (χ4n) is 3.81. The Hall–Kier alpha value is -1.07. The fraction of sp³-hybridized carbons (Fsp3) is 0.941. The SMILES string of the molecule is CCC(CNC(=NC)NCC1CCN(S(=O)(=O)C(F)(F)F)CC1)N1CCCC1. The molecule has 11 heteroatoms. The fourth-order valence-corrected chi connectivity index (χ4v) is 4.80. The van der Waals surface area contributed by atoms with E-state index in [1.165, 1.54) is 12.8 Å². The molecule has 0 radical (unpaired) electrons. The van der Waals surface area contributed by atoms with E-state index in [9.17, 15) is 21.6 Å². The van der Waals surface area contributed by atoms with Crippen molar-refractivity contribution < 1.29 is 21.6 Å². The van der Waals surface area contributed by atoms with Gasteiger partial charge in [0.25, 0.3) is 0 Å². The van der Waals surface area contributed by atoms with E-state index < -0.39 is 15.5 Å². The third-order valence-corrected chi connectivity index (χ3v) is 7.25. The van der Waals surface area contributed by atoms with Crippen molar-refractivity contribution in [3.63, 3.8) is 0 Å². The molecule has 0 aromatic heterocycles. The Morgan fingerprint density at radius 1 is 1.14 bits per heavy atom. The molecular weight excluding hydrogens is 395 g/mol. The smallest absolute Gasteiger partial charge is 0.356 e. The minimum Gasteiger partial charge on any atom is -0.356 e. The third-order valence-electron chi connectivity index (χ3n) is 5.62. The monoisotopic (exact) mass is 427 g/mol. The second kappa shape index (κ2) is 10.1. The number of guanidine groups is 1. The maximum atomic E-state index is 12.6. The van der Waals surface area contributed by atoms with Gasteiger partial charge in [0.2, 0.25) is 0 Å². The molecule has 0 aliphatic carbocycles. The van der Waals surface area contributed by atoms with Crippen LogP contribution in [0, 0.1) is 5.92 Å². The van der Waals surface area contributed by atoms with Crippen LogP contribution in [0.1, 0.15) is 39.0 Å². The number of halogens is 3. The van der Waals surface area contributed by atoms with Crippen molar-refractivity contribution in [1.29, 1.82) is 0 Å². The van der Waals surface area contributed by atoms with Crippen molar-refractivity contribution in [2.75, 3.05) is 46.3 Å². The largest absolute Gasteiger partial charge is 0.511 e. The number of likely N-dealkylation sites (tertiary alicyclic amines) is 1. The van der Waals surface area contributed by atoms with Gasteiger partial charge < -0.3 is 10.6 Å². The van der Waals surface area contributed by atoms with E-state index in [0.29, 0.717) is 35.7 Å². The van der Waals surface area contributed by atoms with E-state index in [1.54, 1.807) is 7.05 Å². The highest BCUT2D eigenvalue weighted by molar-refractivity contribution is 7.90. The van der Waals surface area contributed by atoms with Gasteiger partial charge in [-0.1, -0.05) is 6.92 Å². The lowest BCUT2D eigenvalue weighted by atomic mass is 9.98. The highest BCUT2D eigenvalue weighted by Gasteiger charge is 2.50. The van der Waals surface area contributed by atoms with Gasteiger partial charge in [-0.2, -0.15) is 17.5 Å². The summed E-state index contributed by atoms with van der Waals surface area (Å²) < 4.78 is 61.4. The predicted octanol–water partition coefficient (Wildman–Crippen LogP) is 1.59. The van der Waals surface area contributed by atoms with Gasteiger partial charge in [0.15, 0.2) is 5.96 Å². The standard InChI is InChI=1S/C17H32F3N5O2S/c1-3-15(24-8-4-5-9-24)13-23-16(21-2)22-12-14-6-10-25(11-7-14)28(26,27)17(18,19)20/h14-15H,3-13H2,1-2H3,(H2,21,22,23). The van der Waals surface area contributed by atoms with Gasteiger partial charge in [0.1, 0.15) is 0 Å². The van der Waals surface area contributed by atoms with Crippen LogP contribution in [0.3, 0.4) is 0 Å². The summed E-state index contributed by atoms with van der Waals surface area (Å²) in [4.78, 5) is 6.70. The van der Waals surface area contributed by atoms with Crippen molar-refractivity contribution in [2.45, 2.75) is 50.6 Å². The molecular formula is C17H32F3N5O2S. The van der Waals surface area contributed by atoms with E-state index in [2.05, 4.69) is 27.4 Å². The van der Waals surface area contributed by atoms with Crippen LogP contribution in [-0.2, 0) is 10.0 Å². The van der Waals surface area contributed by atoms with Gasteiger partial charge in [-0.3, -0.25) is 9.89 Å². The van der Waals surface area contributed by atoms with Crippen LogP contribution in [0.4, 0.5) is 13.2 Å². The highest BCUT2D eigenvalue weighted by Crippen LogP contribution is 2.30. The lowest BCUT2D eigenvalue weighted by Crippen LogP contribution is -2.49. The number of rotatable bonds is 7. The van der Waals surface area contributed by atoms with Gasteiger partial charge in [0.05, 0.1) is 0 Å². The van der Waals surface area contributed by atoms with Crippen molar-refractivity contribution in [3.8, 4) is 0 Å². The zero-order valence-electron chi connectivity index (χ0n) is 16.6. The third kappa shape index (κ3) is 5.96. The zero-order valence-corrected chi connectivity index (χ0v) is 17.4. The van der Waals surface area contributed by atoms with E-state index in [-0.39, 0.29) is 19.0 Å². The molecule has 0 aromatic carbocycles. The Labute approximate surface area is 165 Å². The second-order valence-corrected chi connectivity index (χ2v) is 9.36. The first-order chi connectivity index (χ1) is 13.2. The van der Waals surface area contributed by atoms with E-state index >= 15 is 0 Å². The number of nitrogens with zero attached hydrogens (tertiary/aromatic N) is 3. The Kier molecular flexibility index (Phi) is 8.38. The summed E-state index contributed by atoms with van der Waals surface area (Å²) in [5.41, 5.74) is -5.23. The predicted molar refractivity (Wildman–Crippen MR) is 104 cm³/mol. The van der Waals surface area contributed by atoms with Crippen molar-refractivity contribution in [2.24, 2.45) is 10.9 Å². The van der Waals surface area contributed by atoms with Crippen molar-refractivity contribution >= 4 is 16.0 Å². The molecule has 1 atom stereocenters. The first kappa shape index (κ1) is 23.2. The first-order valence-electron chi connectivity index (χ1n) is 9.94. The summed E-state index contributed by atoms with van der Waals surface area (Å²) >= 11 is 0. The summed E-state index contributed by atoms with van der Waals surface area (Å²) in [5, 5.41) is 6.56. The minimum atomic E-state index is -5.23. The van der Waals surface area contributed by atoms with Crippen LogP contribution in [0.5, 0.6) is 0 Å². The second-order valence-electron chi connectivity index (χ2n) is 7.43. The number of nitrogens with one attached hydrogen (secondary N) is 2. The molecule has 2 rings (SSSR count).